The number of nitrogens with zero attached hydrogens (tertiary/aromatic N) is 4. The molecule has 0 saturated carbocycles. The Morgan fingerprint density at radius 2 is 1.84 bits per heavy atom. The summed E-state index contributed by atoms with van der Waals surface area (Å²) < 4.78 is 7.20. The molecule has 2 aliphatic rings. The van der Waals surface area contributed by atoms with Crippen LogP contribution in [-0.2, 0) is 17.8 Å². The number of anilines is 2. The Morgan fingerprint density at radius 3 is 2.66 bits per heavy atom. The molecule has 6 rings (SSSR count). The van der Waals surface area contributed by atoms with Gasteiger partial charge in [-0.3, -0.25) is 18.9 Å². The van der Waals surface area contributed by atoms with E-state index >= 15 is 0 Å². The molecule has 0 aliphatic carbocycles. The molecule has 2 aromatic carbocycles. The molecule has 1 fully saturated rings. The van der Waals surface area contributed by atoms with Crippen LogP contribution >= 0.6 is 24.0 Å². The maximum absolute atomic E-state index is 13.8. The summed E-state index contributed by atoms with van der Waals surface area (Å²) in [6.45, 7) is 1.07. The summed E-state index contributed by atoms with van der Waals surface area (Å²) in [6, 6.07) is 21.2. The summed E-state index contributed by atoms with van der Waals surface area (Å²) in [4.78, 5) is 36.3. The molecule has 4 aromatic rings. The lowest BCUT2D eigenvalue weighted by molar-refractivity contribution is -0.122. The first-order chi connectivity index (χ1) is 18.5. The predicted octanol–water partition coefficient (Wildman–Crippen LogP) is 5.19. The van der Waals surface area contributed by atoms with Crippen LogP contribution in [0.4, 0.5) is 11.5 Å². The molecular weight excluding hydrogens is 516 g/mol. The quantitative estimate of drug-likeness (QED) is 0.255. The first-order valence-electron chi connectivity index (χ1n) is 12.3. The van der Waals surface area contributed by atoms with Crippen molar-refractivity contribution in [1.29, 1.82) is 0 Å². The molecule has 4 heterocycles. The first kappa shape index (κ1) is 24.4. The zero-order valence-corrected chi connectivity index (χ0v) is 22.3. The van der Waals surface area contributed by atoms with Gasteiger partial charge in [0.15, 0.2) is 0 Å². The lowest BCUT2D eigenvalue weighted by atomic mass is 10.0. The van der Waals surface area contributed by atoms with Gasteiger partial charge in [0.2, 0.25) is 0 Å². The van der Waals surface area contributed by atoms with E-state index in [4.69, 9.17) is 21.9 Å². The second kappa shape index (κ2) is 10.1. The van der Waals surface area contributed by atoms with Gasteiger partial charge in [-0.15, -0.1) is 0 Å². The van der Waals surface area contributed by atoms with E-state index in [0.717, 1.165) is 36.4 Å². The lowest BCUT2D eigenvalue weighted by Gasteiger charge is -2.31. The Bertz CT molecular complexity index is 1660. The molecule has 190 valence electrons. The van der Waals surface area contributed by atoms with E-state index in [2.05, 4.69) is 17.0 Å². The van der Waals surface area contributed by atoms with Crippen molar-refractivity contribution < 1.29 is 9.53 Å². The molecule has 0 atom stereocenters. The van der Waals surface area contributed by atoms with Gasteiger partial charge in [-0.2, -0.15) is 0 Å². The van der Waals surface area contributed by atoms with Crippen molar-refractivity contribution >= 4 is 57.4 Å². The molecule has 1 saturated heterocycles. The molecule has 2 aromatic heterocycles. The van der Waals surface area contributed by atoms with E-state index < -0.39 is 0 Å². The monoisotopic (exact) mass is 540 g/mol. The fourth-order valence-electron chi connectivity index (χ4n) is 4.86. The van der Waals surface area contributed by atoms with Gasteiger partial charge in [0.1, 0.15) is 21.5 Å². The Morgan fingerprint density at radius 1 is 1.05 bits per heavy atom. The van der Waals surface area contributed by atoms with Crippen molar-refractivity contribution in [1.82, 2.24) is 14.3 Å². The SMILES string of the molecule is COc1ccc(CN2C(=O)/C(=C\c3c(N4CCCc5ccccc54)nc4ccccn4c3=O)SC2=S)cc1. The largest absolute Gasteiger partial charge is 0.497 e. The van der Waals surface area contributed by atoms with E-state index in [-0.39, 0.29) is 11.5 Å². The molecule has 0 unspecified atom stereocenters. The molecule has 7 nitrogen and oxygen atoms in total. The third kappa shape index (κ3) is 4.37. The van der Waals surface area contributed by atoms with Crippen molar-refractivity contribution in [3.8, 4) is 5.75 Å². The van der Waals surface area contributed by atoms with E-state index in [9.17, 15) is 9.59 Å². The van der Waals surface area contributed by atoms with Gasteiger partial charge >= 0.3 is 0 Å². The van der Waals surface area contributed by atoms with Crippen LogP contribution in [0.3, 0.4) is 0 Å². The zero-order chi connectivity index (χ0) is 26.2. The molecular formula is C29H24N4O3S2. The standard InChI is InChI=1S/C29H24N4O3S2/c1-36-21-13-11-19(12-14-21)18-33-28(35)24(38-29(33)37)17-22-26(30-25-10-4-5-15-32(25)27(22)34)31-16-6-8-20-7-2-3-9-23(20)31/h2-5,7,9-15,17H,6,8,16,18H2,1H3/b24-17+. The summed E-state index contributed by atoms with van der Waals surface area (Å²) in [5.41, 5.74) is 3.88. The van der Waals surface area contributed by atoms with Gasteiger partial charge in [0.05, 0.1) is 24.1 Å². The number of aromatic nitrogens is 2. The summed E-state index contributed by atoms with van der Waals surface area (Å²) >= 11 is 6.78. The molecule has 1 amide bonds. The summed E-state index contributed by atoms with van der Waals surface area (Å²) in [7, 11) is 1.61. The lowest BCUT2D eigenvalue weighted by Crippen LogP contribution is -2.30. The van der Waals surface area contributed by atoms with Gasteiger partial charge in [-0.1, -0.05) is 60.4 Å². The van der Waals surface area contributed by atoms with Crippen molar-refractivity contribution in [2.75, 3.05) is 18.6 Å². The summed E-state index contributed by atoms with van der Waals surface area (Å²) in [5, 5.41) is 0. The highest BCUT2D eigenvalue weighted by Gasteiger charge is 2.33. The Kier molecular flexibility index (Phi) is 6.47. The van der Waals surface area contributed by atoms with Gasteiger partial charge < -0.3 is 9.64 Å². The van der Waals surface area contributed by atoms with Gasteiger partial charge in [-0.05, 0) is 60.4 Å². The van der Waals surface area contributed by atoms with Crippen LogP contribution in [0, 0.1) is 0 Å². The van der Waals surface area contributed by atoms with Crippen LogP contribution in [0.15, 0.2) is 82.6 Å². The number of aryl methyl sites for hydroxylation is 1. The Labute approximate surface area is 229 Å². The normalized spacial score (nSPS) is 16.4. The van der Waals surface area contributed by atoms with Crippen molar-refractivity contribution in [2.24, 2.45) is 0 Å². The minimum atomic E-state index is -0.228. The average molecular weight is 541 g/mol. The topological polar surface area (TPSA) is 67.2 Å². The molecule has 0 radical (unpaired) electrons. The summed E-state index contributed by atoms with van der Waals surface area (Å²) in [5.74, 6) is 1.07. The molecule has 38 heavy (non-hydrogen) atoms. The second-order valence-electron chi connectivity index (χ2n) is 9.08. The Hall–Kier alpha value is -3.95. The summed E-state index contributed by atoms with van der Waals surface area (Å²) in [6.07, 6.45) is 5.27. The predicted molar refractivity (Wildman–Crippen MR) is 155 cm³/mol. The number of hydrogen-bond acceptors (Lipinski definition) is 7. The average Bonchev–Trinajstić information content (AvgIpc) is 3.22. The number of amides is 1. The van der Waals surface area contributed by atoms with E-state index in [1.54, 1.807) is 30.3 Å². The van der Waals surface area contributed by atoms with Gasteiger partial charge in [0.25, 0.3) is 11.5 Å². The minimum absolute atomic E-state index is 0.224. The van der Waals surface area contributed by atoms with E-state index in [1.807, 2.05) is 48.5 Å². The number of thioether (sulfide) groups is 1. The van der Waals surface area contributed by atoms with Crippen LogP contribution in [0.2, 0.25) is 0 Å². The Balaban J connectivity index is 1.43. The molecule has 0 N–H and O–H groups in total. The first-order valence-corrected chi connectivity index (χ1v) is 13.5. The number of rotatable bonds is 5. The number of fused-ring (bicyclic) bond motifs is 2. The number of benzene rings is 2. The highest BCUT2D eigenvalue weighted by atomic mass is 32.2. The smallest absolute Gasteiger partial charge is 0.267 e. The number of carbonyl (C=O) groups excluding carboxylic acids is 1. The van der Waals surface area contributed by atoms with Crippen LogP contribution in [-0.4, -0.2) is 38.2 Å². The number of ether oxygens (including phenoxy) is 1. The molecule has 9 heteroatoms. The number of pyridine rings is 1. The minimum Gasteiger partial charge on any atom is -0.497 e. The number of carbonyl (C=O) groups is 1. The number of thiocarbonyl (C=S) groups is 1. The van der Waals surface area contributed by atoms with E-state index in [0.29, 0.717) is 32.8 Å². The fraction of sp³-hybridized carbons (Fsp3) is 0.172. The number of methoxy groups -OCH3 is 1. The molecule has 0 bridgehead atoms. The maximum Gasteiger partial charge on any atom is 0.267 e. The molecule has 2 aliphatic heterocycles. The second-order valence-corrected chi connectivity index (χ2v) is 10.8. The zero-order valence-electron chi connectivity index (χ0n) is 20.7. The van der Waals surface area contributed by atoms with Crippen LogP contribution in [0.25, 0.3) is 11.7 Å². The maximum atomic E-state index is 13.8. The fourth-order valence-corrected chi connectivity index (χ4v) is 6.09. The van der Waals surface area contributed by atoms with Crippen molar-refractivity contribution in [2.45, 2.75) is 19.4 Å². The highest BCUT2D eigenvalue weighted by Crippen LogP contribution is 2.37. The van der Waals surface area contributed by atoms with Gasteiger partial charge in [-0.25, -0.2) is 4.98 Å². The highest BCUT2D eigenvalue weighted by molar-refractivity contribution is 8.26. The van der Waals surface area contributed by atoms with E-state index in [1.165, 1.54) is 21.7 Å². The van der Waals surface area contributed by atoms with Gasteiger partial charge in [0, 0.05) is 18.4 Å². The van der Waals surface area contributed by atoms with Crippen molar-refractivity contribution in [3.63, 3.8) is 0 Å². The van der Waals surface area contributed by atoms with Crippen molar-refractivity contribution in [3.05, 3.63) is 105 Å². The molecule has 0 spiro atoms. The number of hydrogen-bond donors (Lipinski definition) is 0. The van der Waals surface area contributed by atoms with Crippen LogP contribution < -0.4 is 15.2 Å². The third-order valence-electron chi connectivity index (χ3n) is 6.76. The number of para-hydroxylation sites is 1. The third-order valence-corrected chi connectivity index (χ3v) is 8.14. The van der Waals surface area contributed by atoms with Crippen LogP contribution in [0.5, 0.6) is 5.75 Å². The van der Waals surface area contributed by atoms with Crippen LogP contribution in [0.1, 0.15) is 23.1 Å².